The molecule has 4 nitrogen and oxygen atoms in total. The topological polar surface area (TPSA) is 69.9 Å². The van der Waals surface area contributed by atoms with Crippen LogP contribution in [0.1, 0.15) is 75.3 Å². The maximum Gasteiger partial charge on any atom is 0.130 e. The molecule has 31 heavy (non-hydrogen) atoms. The summed E-state index contributed by atoms with van der Waals surface area (Å²) < 4.78 is 5.53. The molecule has 2 bridgehead atoms. The minimum Gasteiger partial charge on any atom is -0.508 e. The van der Waals surface area contributed by atoms with E-state index in [1.807, 2.05) is 0 Å². The van der Waals surface area contributed by atoms with Crippen LogP contribution in [0, 0.1) is 0 Å². The zero-order chi connectivity index (χ0) is 22.1. The Morgan fingerprint density at radius 1 is 0.645 bits per heavy atom. The molecule has 4 rings (SSSR count). The predicted molar refractivity (Wildman–Crippen MR) is 126 cm³/mol. The van der Waals surface area contributed by atoms with Crippen LogP contribution < -0.4 is 4.74 Å². The minimum absolute atomic E-state index is 0.0554. The van der Waals surface area contributed by atoms with E-state index in [1.165, 1.54) is 25.3 Å². The monoisotopic (exact) mass is 424 g/mol. The molecule has 0 atom stereocenters. The molecule has 2 aromatic carbocycles. The number of hydrogen-bond acceptors (Lipinski definition) is 4. The molecule has 0 fully saturated rings. The van der Waals surface area contributed by atoms with Gasteiger partial charge in [-0.1, -0.05) is 37.8 Å². The molecule has 3 N–H and O–H groups in total. The van der Waals surface area contributed by atoms with E-state index in [4.69, 9.17) is 4.74 Å². The number of benzene rings is 2. The van der Waals surface area contributed by atoms with Crippen molar-refractivity contribution >= 4 is 0 Å². The van der Waals surface area contributed by atoms with Crippen molar-refractivity contribution in [3.05, 3.63) is 47.5 Å². The summed E-state index contributed by atoms with van der Waals surface area (Å²) in [5.74, 6) is 0.696. The van der Waals surface area contributed by atoms with Gasteiger partial charge >= 0.3 is 0 Å². The lowest BCUT2D eigenvalue weighted by atomic mass is 9.91. The summed E-state index contributed by atoms with van der Waals surface area (Å²) in [7, 11) is 1.54. The minimum atomic E-state index is 0.0554. The molecule has 168 valence electrons. The van der Waals surface area contributed by atoms with Crippen LogP contribution in [-0.2, 0) is 12.8 Å². The number of allylic oxidation sites excluding steroid dienone is 2. The van der Waals surface area contributed by atoms with Crippen molar-refractivity contribution < 1.29 is 20.1 Å². The SMILES string of the molecule is COc1cc(O)cc2c1-c1c(O)cc(cc1O)CCCCCCC/C=C\CCCCC2. The summed E-state index contributed by atoms with van der Waals surface area (Å²) in [6.45, 7) is 0. The van der Waals surface area contributed by atoms with Crippen molar-refractivity contribution in [1.82, 2.24) is 0 Å². The third kappa shape index (κ3) is 6.43. The second-order valence-corrected chi connectivity index (χ2v) is 8.57. The molecule has 0 aliphatic heterocycles. The highest BCUT2D eigenvalue weighted by Crippen LogP contribution is 2.46. The Morgan fingerprint density at radius 3 is 1.90 bits per heavy atom. The van der Waals surface area contributed by atoms with E-state index < -0.39 is 0 Å². The first-order chi connectivity index (χ1) is 15.1. The van der Waals surface area contributed by atoms with Gasteiger partial charge in [0.15, 0.2) is 0 Å². The number of aryl methyl sites for hydroxylation is 2. The van der Waals surface area contributed by atoms with Crippen molar-refractivity contribution in [2.24, 2.45) is 0 Å². The molecular formula is C27H36O4. The number of hydrogen-bond donors (Lipinski definition) is 3. The number of ether oxygens (including phenoxy) is 1. The molecular weight excluding hydrogens is 388 g/mol. The highest BCUT2D eigenvalue weighted by Gasteiger charge is 2.21. The smallest absolute Gasteiger partial charge is 0.130 e. The van der Waals surface area contributed by atoms with Gasteiger partial charge in [0.05, 0.1) is 12.7 Å². The second kappa shape index (κ2) is 11.7. The second-order valence-electron chi connectivity index (χ2n) is 8.57. The molecule has 2 aromatic rings. The summed E-state index contributed by atoms with van der Waals surface area (Å²) in [4.78, 5) is 0. The van der Waals surface area contributed by atoms with E-state index in [9.17, 15) is 15.3 Å². The maximum absolute atomic E-state index is 10.8. The average molecular weight is 425 g/mol. The third-order valence-electron chi connectivity index (χ3n) is 6.11. The van der Waals surface area contributed by atoms with Crippen molar-refractivity contribution in [3.63, 3.8) is 0 Å². The lowest BCUT2D eigenvalue weighted by molar-refractivity contribution is 0.406. The molecule has 2 aliphatic carbocycles. The lowest BCUT2D eigenvalue weighted by Gasteiger charge is -2.18. The fourth-order valence-corrected chi connectivity index (χ4v) is 4.48. The largest absolute Gasteiger partial charge is 0.508 e. The van der Waals surface area contributed by atoms with Gasteiger partial charge in [0, 0.05) is 11.6 Å². The number of phenols is 3. The Labute approximate surface area is 186 Å². The number of phenolic OH excluding ortho intramolecular Hbond substituents is 3. The van der Waals surface area contributed by atoms with E-state index in [0.29, 0.717) is 16.9 Å². The standard InChI is InChI=1S/C27H36O4/c1-31-25-19-22(28)18-21-15-13-11-9-7-5-3-2-4-6-8-10-12-14-20-16-23(29)27(26(21)25)24(30)17-20/h3,5,16-19,28-30H,2,4,6-15H2,1H3/b5-3-. The van der Waals surface area contributed by atoms with Crippen LogP contribution in [0.3, 0.4) is 0 Å². The zero-order valence-electron chi connectivity index (χ0n) is 18.7. The fraction of sp³-hybridized carbons (Fsp3) is 0.481. The van der Waals surface area contributed by atoms with Crippen LogP contribution in [0.2, 0.25) is 0 Å². The third-order valence-corrected chi connectivity index (χ3v) is 6.11. The highest BCUT2D eigenvalue weighted by molar-refractivity contribution is 5.84. The van der Waals surface area contributed by atoms with Crippen molar-refractivity contribution in [1.29, 1.82) is 0 Å². The molecule has 0 radical (unpaired) electrons. The summed E-state index contributed by atoms with van der Waals surface area (Å²) in [5, 5.41) is 31.9. The number of methoxy groups -OCH3 is 1. The van der Waals surface area contributed by atoms with Gasteiger partial charge in [0.1, 0.15) is 23.0 Å². The first-order valence-corrected chi connectivity index (χ1v) is 11.7. The van der Waals surface area contributed by atoms with Gasteiger partial charge in [0.25, 0.3) is 0 Å². The van der Waals surface area contributed by atoms with E-state index in [0.717, 1.165) is 68.9 Å². The molecule has 0 heterocycles. The van der Waals surface area contributed by atoms with Gasteiger partial charge in [-0.15, -0.1) is 0 Å². The molecule has 0 unspecified atom stereocenters. The zero-order valence-corrected chi connectivity index (χ0v) is 18.7. The first kappa shape index (κ1) is 23.1. The summed E-state index contributed by atoms with van der Waals surface area (Å²) in [6.07, 6.45) is 17.6. The van der Waals surface area contributed by atoms with Crippen molar-refractivity contribution in [2.45, 2.75) is 77.0 Å². The van der Waals surface area contributed by atoms with Gasteiger partial charge in [-0.3, -0.25) is 0 Å². The van der Waals surface area contributed by atoms with Crippen LogP contribution in [0.4, 0.5) is 0 Å². The Morgan fingerprint density at radius 2 is 1.23 bits per heavy atom. The van der Waals surface area contributed by atoms with Gasteiger partial charge < -0.3 is 20.1 Å². The van der Waals surface area contributed by atoms with E-state index >= 15 is 0 Å². The Bertz CT molecular complexity index is 862. The Balaban J connectivity index is 1.94. The van der Waals surface area contributed by atoms with Crippen molar-refractivity contribution in [2.75, 3.05) is 7.11 Å². The van der Waals surface area contributed by atoms with E-state index in [1.54, 1.807) is 25.3 Å². The normalized spacial score (nSPS) is 17.6. The van der Waals surface area contributed by atoms with Gasteiger partial charge in [-0.2, -0.15) is 0 Å². The van der Waals surface area contributed by atoms with E-state index in [2.05, 4.69) is 12.2 Å². The van der Waals surface area contributed by atoms with Gasteiger partial charge in [0.2, 0.25) is 0 Å². The predicted octanol–water partition coefficient (Wildman–Crippen LogP) is 7.03. The first-order valence-electron chi connectivity index (χ1n) is 11.7. The number of fused-ring (bicyclic) bond motifs is 14. The maximum atomic E-state index is 10.8. The molecule has 0 saturated heterocycles. The highest BCUT2D eigenvalue weighted by atomic mass is 16.5. The number of rotatable bonds is 1. The van der Waals surface area contributed by atoms with Crippen LogP contribution in [0.5, 0.6) is 23.0 Å². The molecule has 0 amide bonds. The molecule has 4 heteroatoms. The van der Waals surface area contributed by atoms with Crippen LogP contribution in [-0.4, -0.2) is 22.4 Å². The summed E-state index contributed by atoms with van der Waals surface area (Å²) >= 11 is 0. The Kier molecular flexibility index (Phi) is 8.69. The molecule has 0 saturated carbocycles. The van der Waals surface area contributed by atoms with Crippen LogP contribution in [0.15, 0.2) is 36.4 Å². The van der Waals surface area contributed by atoms with Crippen molar-refractivity contribution in [3.8, 4) is 34.1 Å². The summed E-state index contributed by atoms with van der Waals surface area (Å²) in [5.41, 5.74) is 2.86. The van der Waals surface area contributed by atoms with Crippen LogP contribution >= 0.6 is 0 Å². The molecule has 2 aliphatic rings. The molecule has 0 aromatic heterocycles. The van der Waals surface area contributed by atoms with Gasteiger partial charge in [-0.05, 0) is 80.7 Å². The quantitative estimate of drug-likeness (QED) is 0.430. The fourth-order valence-electron chi connectivity index (χ4n) is 4.48. The Hall–Kier alpha value is -2.62. The van der Waals surface area contributed by atoms with E-state index in [-0.39, 0.29) is 17.2 Å². The van der Waals surface area contributed by atoms with Gasteiger partial charge in [-0.25, -0.2) is 0 Å². The van der Waals surface area contributed by atoms with Crippen LogP contribution in [0.25, 0.3) is 11.1 Å². The molecule has 0 spiro atoms. The number of aromatic hydroxyl groups is 3. The average Bonchev–Trinajstić information content (AvgIpc) is 2.73. The lowest BCUT2D eigenvalue weighted by Crippen LogP contribution is -1.97. The summed E-state index contributed by atoms with van der Waals surface area (Å²) in [6, 6.07) is 6.77.